The van der Waals surface area contributed by atoms with Crippen LogP contribution in [0.5, 0.6) is 0 Å². The average Bonchev–Trinajstić information content (AvgIpc) is 2.64. The van der Waals surface area contributed by atoms with E-state index in [9.17, 15) is 4.79 Å². The monoisotopic (exact) mass is 241 g/mol. The number of hydrogen-bond donors (Lipinski definition) is 0. The summed E-state index contributed by atoms with van der Waals surface area (Å²) in [7, 11) is 0. The van der Waals surface area contributed by atoms with Crippen LogP contribution in [0.2, 0.25) is 0 Å². The number of piperidine rings is 1. The summed E-state index contributed by atoms with van der Waals surface area (Å²) in [5.74, 6) is 0.400. The first-order chi connectivity index (χ1) is 8.84. The van der Waals surface area contributed by atoms with Crippen molar-refractivity contribution in [3.63, 3.8) is 0 Å². The zero-order valence-electron chi connectivity index (χ0n) is 10.6. The number of hydrogen-bond acceptors (Lipinski definition) is 2. The number of carbonyl (C=O) groups excluding carboxylic acids is 1. The molecule has 2 aliphatic rings. The Balaban J connectivity index is 1.92. The molecule has 2 nitrogen and oxygen atoms in total. The van der Waals surface area contributed by atoms with Gasteiger partial charge >= 0.3 is 0 Å². The summed E-state index contributed by atoms with van der Waals surface area (Å²) in [6, 6.07) is 11.1. The molecular formula is C16H19NO. The maximum absolute atomic E-state index is 12.0. The summed E-state index contributed by atoms with van der Waals surface area (Å²) < 4.78 is 0. The fraction of sp³-hybridized carbons (Fsp3) is 0.438. The lowest BCUT2D eigenvalue weighted by Crippen LogP contribution is -2.43. The highest BCUT2D eigenvalue weighted by molar-refractivity contribution is 5.81. The molecule has 18 heavy (non-hydrogen) atoms. The van der Waals surface area contributed by atoms with Crippen LogP contribution in [0.4, 0.5) is 0 Å². The molecule has 0 radical (unpaired) electrons. The zero-order valence-corrected chi connectivity index (χ0v) is 10.6. The molecule has 0 unspecified atom stereocenters. The number of fused-ring (bicyclic) bond motifs is 1. The summed E-state index contributed by atoms with van der Waals surface area (Å²) >= 11 is 0. The van der Waals surface area contributed by atoms with Gasteiger partial charge in [-0.05, 0) is 24.9 Å². The summed E-state index contributed by atoms with van der Waals surface area (Å²) in [4.78, 5) is 14.5. The fourth-order valence-electron chi connectivity index (χ4n) is 3.13. The van der Waals surface area contributed by atoms with Crippen molar-refractivity contribution < 1.29 is 4.79 Å². The van der Waals surface area contributed by atoms with Crippen molar-refractivity contribution in [1.82, 2.24) is 4.90 Å². The fourth-order valence-corrected chi connectivity index (χ4v) is 3.13. The number of allylic oxidation sites excluding steroid dienone is 1. The van der Waals surface area contributed by atoms with Crippen molar-refractivity contribution in [1.29, 1.82) is 0 Å². The molecule has 0 spiro atoms. The largest absolute Gasteiger partial charge is 0.300 e. The van der Waals surface area contributed by atoms with E-state index in [0.29, 0.717) is 24.7 Å². The summed E-state index contributed by atoms with van der Waals surface area (Å²) in [6.07, 6.45) is 8.19. The number of Topliss-reactive ketones (excluding diaryl/α,β-unsaturated/α-hetero) is 1. The lowest BCUT2D eigenvalue weighted by Gasteiger charge is -2.40. The number of ketones is 1. The number of benzene rings is 1. The molecule has 2 heterocycles. The zero-order chi connectivity index (χ0) is 12.4. The van der Waals surface area contributed by atoms with E-state index >= 15 is 0 Å². The van der Waals surface area contributed by atoms with Crippen LogP contribution in [0.25, 0.3) is 0 Å². The Hall–Kier alpha value is -1.41. The van der Waals surface area contributed by atoms with Gasteiger partial charge in [0.05, 0.1) is 0 Å². The Morgan fingerprint density at radius 2 is 1.94 bits per heavy atom. The molecule has 1 aromatic rings. The van der Waals surface area contributed by atoms with Crippen LogP contribution in [0.1, 0.15) is 37.3 Å². The number of rotatable bonds is 1. The molecule has 0 N–H and O–H groups in total. The van der Waals surface area contributed by atoms with Gasteiger partial charge in [-0.15, -0.1) is 0 Å². The van der Waals surface area contributed by atoms with Crippen molar-refractivity contribution in [3.05, 3.63) is 48.0 Å². The topological polar surface area (TPSA) is 20.3 Å². The molecule has 3 rings (SSSR count). The predicted molar refractivity (Wildman–Crippen MR) is 72.3 cm³/mol. The van der Waals surface area contributed by atoms with Crippen LogP contribution in [-0.2, 0) is 4.79 Å². The maximum atomic E-state index is 12.0. The van der Waals surface area contributed by atoms with Gasteiger partial charge in [0.25, 0.3) is 0 Å². The molecule has 2 aliphatic heterocycles. The Bertz CT molecular complexity index is 451. The highest BCUT2D eigenvalue weighted by Gasteiger charge is 2.34. The van der Waals surface area contributed by atoms with E-state index in [4.69, 9.17) is 0 Å². The Morgan fingerprint density at radius 3 is 2.78 bits per heavy atom. The minimum absolute atomic E-state index is 0.278. The van der Waals surface area contributed by atoms with E-state index in [-0.39, 0.29) is 6.04 Å². The van der Waals surface area contributed by atoms with Gasteiger partial charge in [0.1, 0.15) is 5.78 Å². The van der Waals surface area contributed by atoms with Gasteiger partial charge in [0.15, 0.2) is 0 Å². The van der Waals surface area contributed by atoms with Gasteiger partial charge in [0, 0.05) is 24.9 Å². The Kier molecular flexibility index (Phi) is 3.28. The van der Waals surface area contributed by atoms with Crippen LogP contribution in [0.15, 0.2) is 42.5 Å². The second kappa shape index (κ2) is 5.07. The van der Waals surface area contributed by atoms with Crippen molar-refractivity contribution in [2.75, 3.05) is 6.54 Å². The van der Waals surface area contributed by atoms with E-state index in [1.807, 2.05) is 6.07 Å². The van der Waals surface area contributed by atoms with Gasteiger partial charge in [0.2, 0.25) is 0 Å². The first-order valence-corrected chi connectivity index (χ1v) is 6.83. The van der Waals surface area contributed by atoms with Crippen LogP contribution in [0.3, 0.4) is 0 Å². The second-order valence-electron chi connectivity index (χ2n) is 5.25. The molecule has 0 amide bonds. The third-order valence-corrected chi connectivity index (χ3v) is 4.01. The standard InChI is InChI=1S/C16H19NO/c18-15-11-14-9-5-2-6-10-17(14)16(12-15)13-7-3-1-4-8-13/h1,3-5,7-9,14,16H,2,6,10-12H2/t14-,16+/m0/s1. The third kappa shape index (κ3) is 2.25. The number of carbonyl (C=O) groups is 1. The molecule has 1 fully saturated rings. The van der Waals surface area contributed by atoms with Gasteiger partial charge in [-0.25, -0.2) is 0 Å². The molecule has 94 valence electrons. The Morgan fingerprint density at radius 1 is 1.11 bits per heavy atom. The molecule has 2 atom stereocenters. The van der Waals surface area contributed by atoms with Crippen LogP contribution in [-0.4, -0.2) is 23.3 Å². The van der Waals surface area contributed by atoms with E-state index in [1.165, 1.54) is 12.0 Å². The molecule has 0 aliphatic carbocycles. The quantitative estimate of drug-likeness (QED) is 0.704. The van der Waals surface area contributed by atoms with E-state index < -0.39 is 0 Å². The van der Waals surface area contributed by atoms with Crippen molar-refractivity contribution in [2.24, 2.45) is 0 Å². The van der Waals surface area contributed by atoms with Crippen LogP contribution < -0.4 is 0 Å². The van der Waals surface area contributed by atoms with Crippen LogP contribution >= 0.6 is 0 Å². The van der Waals surface area contributed by atoms with Gasteiger partial charge in [-0.1, -0.05) is 42.5 Å². The van der Waals surface area contributed by atoms with Gasteiger partial charge < -0.3 is 0 Å². The van der Waals surface area contributed by atoms with Crippen molar-refractivity contribution in [3.8, 4) is 0 Å². The van der Waals surface area contributed by atoms with Crippen LogP contribution in [0, 0.1) is 0 Å². The van der Waals surface area contributed by atoms with Gasteiger partial charge in [-0.2, -0.15) is 0 Å². The first kappa shape index (κ1) is 11.7. The second-order valence-corrected chi connectivity index (χ2v) is 5.25. The molecule has 0 bridgehead atoms. The minimum atomic E-state index is 0.278. The molecule has 1 saturated heterocycles. The average molecular weight is 241 g/mol. The molecular weight excluding hydrogens is 222 g/mol. The summed E-state index contributed by atoms with van der Waals surface area (Å²) in [5.41, 5.74) is 1.28. The summed E-state index contributed by atoms with van der Waals surface area (Å²) in [6.45, 7) is 1.10. The predicted octanol–water partition coefficient (Wildman–Crippen LogP) is 3.11. The molecule has 0 aromatic heterocycles. The minimum Gasteiger partial charge on any atom is -0.300 e. The smallest absolute Gasteiger partial charge is 0.136 e. The highest BCUT2D eigenvalue weighted by atomic mass is 16.1. The highest BCUT2D eigenvalue weighted by Crippen LogP contribution is 2.34. The first-order valence-electron chi connectivity index (χ1n) is 6.83. The van der Waals surface area contributed by atoms with Crippen molar-refractivity contribution in [2.45, 2.75) is 37.8 Å². The van der Waals surface area contributed by atoms with Gasteiger partial charge in [-0.3, -0.25) is 9.69 Å². The lowest BCUT2D eigenvalue weighted by atomic mass is 9.90. The maximum Gasteiger partial charge on any atom is 0.136 e. The molecule has 2 heteroatoms. The number of nitrogens with zero attached hydrogens (tertiary/aromatic N) is 1. The Labute approximate surface area is 108 Å². The normalized spacial score (nSPS) is 28.8. The van der Waals surface area contributed by atoms with Crippen molar-refractivity contribution >= 4 is 5.78 Å². The lowest BCUT2D eigenvalue weighted by molar-refractivity contribution is -0.124. The molecule has 0 saturated carbocycles. The SMILES string of the molecule is O=C1C[C@H](c2ccccc2)N2CCCC=C[C@H]2C1. The van der Waals surface area contributed by atoms with E-state index in [0.717, 1.165) is 13.0 Å². The third-order valence-electron chi connectivity index (χ3n) is 4.01. The van der Waals surface area contributed by atoms with E-state index in [2.05, 4.69) is 41.3 Å². The summed E-state index contributed by atoms with van der Waals surface area (Å²) in [5, 5.41) is 0. The molecule has 1 aromatic carbocycles. The van der Waals surface area contributed by atoms with E-state index in [1.54, 1.807) is 0 Å².